The Labute approximate surface area is 209 Å². The van der Waals surface area contributed by atoms with Crippen LogP contribution >= 0.6 is 11.3 Å². The Morgan fingerprint density at radius 1 is 1.00 bits per heavy atom. The minimum absolute atomic E-state index is 0.00406. The Morgan fingerprint density at radius 2 is 1.77 bits per heavy atom. The van der Waals surface area contributed by atoms with Crippen LogP contribution in [0.25, 0.3) is 11.5 Å². The lowest BCUT2D eigenvalue weighted by Gasteiger charge is -2.20. The van der Waals surface area contributed by atoms with Crippen molar-refractivity contribution in [2.45, 2.75) is 46.1 Å². The molecule has 4 aromatic rings. The number of aryl methyl sites for hydroxylation is 3. The zero-order valence-corrected chi connectivity index (χ0v) is 20.8. The predicted octanol–water partition coefficient (Wildman–Crippen LogP) is 6.28. The average molecular weight is 482 g/mol. The van der Waals surface area contributed by atoms with Gasteiger partial charge < -0.3 is 4.42 Å². The fourth-order valence-corrected chi connectivity index (χ4v) is 6.46. The van der Waals surface area contributed by atoms with E-state index in [-0.39, 0.29) is 12.5 Å². The molecule has 0 radical (unpaired) electrons. The molecule has 1 aliphatic carbocycles. The van der Waals surface area contributed by atoms with E-state index in [1.807, 2.05) is 48.2 Å². The van der Waals surface area contributed by atoms with E-state index in [0.717, 1.165) is 57.3 Å². The second-order valence-corrected chi connectivity index (χ2v) is 10.3. The van der Waals surface area contributed by atoms with Crippen molar-refractivity contribution in [3.63, 3.8) is 0 Å². The molecule has 0 bridgehead atoms. The zero-order chi connectivity index (χ0) is 23.9. The molecule has 35 heavy (non-hydrogen) atoms. The van der Waals surface area contributed by atoms with E-state index in [0.29, 0.717) is 12.4 Å². The van der Waals surface area contributed by atoms with Gasteiger partial charge in [-0.05, 0) is 56.7 Å². The van der Waals surface area contributed by atoms with Crippen LogP contribution in [0.4, 0.5) is 5.00 Å². The molecule has 2 aromatic heterocycles. The molecule has 2 aliphatic rings. The molecule has 0 saturated heterocycles. The number of benzene rings is 2. The third-order valence-electron chi connectivity index (χ3n) is 6.93. The lowest BCUT2D eigenvalue weighted by molar-refractivity contribution is -0.117. The molecule has 176 valence electrons. The van der Waals surface area contributed by atoms with Crippen LogP contribution in [0, 0.1) is 13.8 Å². The molecule has 1 aliphatic heterocycles. The summed E-state index contributed by atoms with van der Waals surface area (Å²) in [6.07, 6.45) is 4.47. The van der Waals surface area contributed by atoms with Gasteiger partial charge in [0.1, 0.15) is 23.0 Å². The van der Waals surface area contributed by atoms with Gasteiger partial charge in [0.15, 0.2) is 0 Å². The summed E-state index contributed by atoms with van der Waals surface area (Å²) in [5.41, 5.74) is 7.39. The molecule has 6 heteroatoms. The second kappa shape index (κ2) is 8.93. The summed E-state index contributed by atoms with van der Waals surface area (Å²) in [6.45, 7) is 4.49. The number of amides is 1. The number of thiophene rings is 1. The molecular formula is C29H27N3O2S. The molecule has 0 N–H and O–H groups in total. The molecule has 0 atom stereocenters. The van der Waals surface area contributed by atoms with Gasteiger partial charge >= 0.3 is 0 Å². The highest BCUT2D eigenvalue weighted by atomic mass is 32.1. The fourth-order valence-electron chi connectivity index (χ4n) is 5.05. The predicted molar refractivity (Wildman–Crippen MR) is 141 cm³/mol. The molecular weight excluding hydrogens is 454 g/mol. The lowest BCUT2D eigenvalue weighted by Crippen LogP contribution is -2.31. The van der Waals surface area contributed by atoms with Crippen molar-refractivity contribution in [1.29, 1.82) is 0 Å². The number of fused-ring (bicyclic) bond motifs is 3. The van der Waals surface area contributed by atoms with Crippen LogP contribution in [0.5, 0.6) is 0 Å². The molecule has 5 nitrogen and oxygen atoms in total. The summed E-state index contributed by atoms with van der Waals surface area (Å²) in [4.78, 5) is 26.5. The van der Waals surface area contributed by atoms with Crippen molar-refractivity contribution >= 4 is 28.0 Å². The Balaban J connectivity index is 1.44. The molecule has 0 saturated carbocycles. The van der Waals surface area contributed by atoms with Crippen molar-refractivity contribution in [3.8, 4) is 11.5 Å². The number of nitrogens with zero attached hydrogens (tertiary/aromatic N) is 3. The van der Waals surface area contributed by atoms with Gasteiger partial charge in [-0.15, -0.1) is 11.3 Å². The number of hydrogen-bond donors (Lipinski definition) is 0. The summed E-state index contributed by atoms with van der Waals surface area (Å²) in [7, 11) is 0. The Kier molecular flexibility index (Phi) is 5.61. The summed E-state index contributed by atoms with van der Waals surface area (Å²) in [5, 5.41) is 1.00. The molecule has 0 spiro atoms. The van der Waals surface area contributed by atoms with Crippen molar-refractivity contribution in [3.05, 3.63) is 93.2 Å². The van der Waals surface area contributed by atoms with E-state index in [4.69, 9.17) is 14.4 Å². The van der Waals surface area contributed by atoms with Crippen LogP contribution < -0.4 is 4.90 Å². The van der Waals surface area contributed by atoms with E-state index in [1.165, 1.54) is 23.3 Å². The van der Waals surface area contributed by atoms with Gasteiger partial charge in [0, 0.05) is 21.6 Å². The number of rotatable bonds is 4. The standard InChI is InChI=1S/C29H27N3O2S/c1-18-10-6-7-13-21(18)28-31-23(19(2)34-28)17-32-25(33)16-30-27(20-11-4-3-5-12-20)26-22-14-8-9-15-24(22)35-29(26)32/h3-7,10-13H,8-9,14-17H2,1-2H3. The van der Waals surface area contributed by atoms with Crippen LogP contribution in [-0.2, 0) is 24.2 Å². The van der Waals surface area contributed by atoms with Gasteiger partial charge in [-0.25, -0.2) is 4.98 Å². The second-order valence-electron chi connectivity index (χ2n) is 9.24. The maximum absolute atomic E-state index is 13.5. The van der Waals surface area contributed by atoms with E-state index < -0.39 is 0 Å². The molecule has 6 rings (SSSR count). The SMILES string of the molecule is Cc1ccccc1-c1nc(CN2C(=O)CN=C(c3ccccc3)c3c2sc2c3CCCC2)c(C)o1. The van der Waals surface area contributed by atoms with E-state index in [9.17, 15) is 4.79 Å². The van der Waals surface area contributed by atoms with E-state index in [2.05, 4.69) is 25.1 Å². The van der Waals surface area contributed by atoms with Crippen molar-refractivity contribution in [2.24, 2.45) is 4.99 Å². The van der Waals surface area contributed by atoms with Crippen molar-refractivity contribution in [1.82, 2.24) is 4.98 Å². The number of carbonyl (C=O) groups excluding carboxylic acids is 1. The zero-order valence-electron chi connectivity index (χ0n) is 20.0. The molecule has 0 fully saturated rings. The van der Waals surface area contributed by atoms with E-state index in [1.54, 1.807) is 11.3 Å². The Morgan fingerprint density at radius 3 is 2.60 bits per heavy atom. The summed E-state index contributed by atoms with van der Waals surface area (Å²) < 4.78 is 6.07. The minimum atomic E-state index is -0.00406. The highest BCUT2D eigenvalue weighted by molar-refractivity contribution is 7.17. The normalized spacial score (nSPS) is 15.4. The quantitative estimate of drug-likeness (QED) is 0.345. The number of carbonyl (C=O) groups is 1. The maximum atomic E-state index is 13.5. The summed E-state index contributed by atoms with van der Waals surface area (Å²) >= 11 is 1.76. The molecule has 1 amide bonds. The van der Waals surface area contributed by atoms with Crippen LogP contribution in [0.3, 0.4) is 0 Å². The Bertz CT molecular complexity index is 1450. The number of oxazole rings is 1. The maximum Gasteiger partial charge on any atom is 0.249 e. The van der Waals surface area contributed by atoms with Gasteiger partial charge in [0.2, 0.25) is 11.8 Å². The molecule has 3 heterocycles. The average Bonchev–Trinajstić information content (AvgIpc) is 3.40. The van der Waals surface area contributed by atoms with Crippen LogP contribution in [0.2, 0.25) is 0 Å². The van der Waals surface area contributed by atoms with Gasteiger partial charge in [-0.2, -0.15) is 0 Å². The van der Waals surface area contributed by atoms with Crippen LogP contribution in [0.1, 0.15) is 51.4 Å². The van der Waals surface area contributed by atoms with Crippen LogP contribution in [-0.4, -0.2) is 23.1 Å². The molecule has 2 aromatic carbocycles. The number of anilines is 1. The smallest absolute Gasteiger partial charge is 0.249 e. The fraction of sp³-hybridized carbons (Fsp3) is 0.276. The van der Waals surface area contributed by atoms with Gasteiger partial charge in [0.05, 0.1) is 12.3 Å². The first-order valence-electron chi connectivity index (χ1n) is 12.2. The number of hydrogen-bond acceptors (Lipinski definition) is 5. The first-order valence-corrected chi connectivity index (χ1v) is 13.0. The number of aliphatic imine (C=N–C) groups is 1. The topological polar surface area (TPSA) is 58.7 Å². The Hall–Kier alpha value is -3.51. The van der Waals surface area contributed by atoms with Gasteiger partial charge in [-0.3, -0.25) is 14.7 Å². The highest BCUT2D eigenvalue weighted by Crippen LogP contribution is 2.43. The first kappa shape index (κ1) is 22.0. The largest absolute Gasteiger partial charge is 0.441 e. The van der Waals surface area contributed by atoms with Crippen molar-refractivity contribution < 1.29 is 9.21 Å². The molecule has 0 unspecified atom stereocenters. The minimum Gasteiger partial charge on any atom is -0.441 e. The highest BCUT2D eigenvalue weighted by Gasteiger charge is 2.33. The van der Waals surface area contributed by atoms with Gasteiger partial charge in [-0.1, -0.05) is 48.5 Å². The monoisotopic (exact) mass is 481 g/mol. The van der Waals surface area contributed by atoms with Crippen LogP contribution in [0.15, 0.2) is 64.0 Å². The third-order valence-corrected chi connectivity index (χ3v) is 8.25. The lowest BCUT2D eigenvalue weighted by atomic mass is 9.91. The van der Waals surface area contributed by atoms with Gasteiger partial charge in [0.25, 0.3) is 0 Å². The first-order chi connectivity index (χ1) is 17.1. The summed E-state index contributed by atoms with van der Waals surface area (Å²) in [5.74, 6) is 1.34. The van der Waals surface area contributed by atoms with Crippen molar-refractivity contribution in [2.75, 3.05) is 11.4 Å². The number of aromatic nitrogens is 1. The van der Waals surface area contributed by atoms with E-state index >= 15 is 0 Å². The summed E-state index contributed by atoms with van der Waals surface area (Å²) in [6, 6.07) is 18.3. The third kappa shape index (κ3) is 3.92.